The largest absolute Gasteiger partial charge is 0.395 e. The summed E-state index contributed by atoms with van der Waals surface area (Å²) in [5.74, 6) is 3.94. The Labute approximate surface area is 109 Å². The van der Waals surface area contributed by atoms with Gasteiger partial charge in [0.25, 0.3) is 0 Å². The molecule has 100 valence electrons. The number of carbonyl (C=O) groups is 1. The predicted octanol–water partition coefficient (Wildman–Crippen LogP) is 1.65. The van der Waals surface area contributed by atoms with E-state index in [0.29, 0.717) is 24.4 Å². The molecule has 4 fully saturated rings. The van der Waals surface area contributed by atoms with Crippen molar-refractivity contribution in [2.45, 2.75) is 44.6 Å². The van der Waals surface area contributed by atoms with Gasteiger partial charge in [0.15, 0.2) is 0 Å². The van der Waals surface area contributed by atoms with Crippen LogP contribution in [0.3, 0.4) is 0 Å². The van der Waals surface area contributed by atoms with Crippen molar-refractivity contribution in [2.75, 3.05) is 13.2 Å². The van der Waals surface area contributed by atoms with E-state index in [4.69, 9.17) is 0 Å². The number of fused-ring (bicyclic) bond motifs is 5. The molecule has 4 aliphatic rings. The number of nitrogens with zero attached hydrogens (tertiary/aromatic N) is 1. The molecule has 0 aromatic rings. The monoisotopic (exact) mass is 249 g/mol. The molecule has 0 spiro atoms. The second-order valence-corrected chi connectivity index (χ2v) is 6.85. The summed E-state index contributed by atoms with van der Waals surface area (Å²) in [7, 11) is 0. The minimum Gasteiger partial charge on any atom is -0.395 e. The van der Waals surface area contributed by atoms with Crippen molar-refractivity contribution in [3.05, 3.63) is 0 Å². The van der Waals surface area contributed by atoms with Crippen LogP contribution in [0.4, 0.5) is 0 Å². The van der Waals surface area contributed by atoms with Crippen LogP contribution < -0.4 is 0 Å². The molecular formula is C15H23NO2. The zero-order valence-electron chi connectivity index (χ0n) is 10.9. The molecule has 4 saturated carbocycles. The molecule has 4 atom stereocenters. The summed E-state index contributed by atoms with van der Waals surface area (Å²) in [6.07, 6.45) is 7.71. The highest BCUT2D eigenvalue weighted by molar-refractivity contribution is 5.83. The molecule has 0 heterocycles. The summed E-state index contributed by atoms with van der Waals surface area (Å²) >= 11 is 0. The lowest BCUT2D eigenvalue weighted by Gasteiger charge is -2.38. The van der Waals surface area contributed by atoms with E-state index in [1.165, 1.54) is 25.7 Å². The Bertz CT molecular complexity index is 350. The normalized spacial score (nSPS) is 44.6. The van der Waals surface area contributed by atoms with Gasteiger partial charge in [-0.1, -0.05) is 0 Å². The van der Waals surface area contributed by atoms with Gasteiger partial charge in [-0.3, -0.25) is 4.79 Å². The van der Waals surface area contributed by atoms with Crippen molar-refractivity contribution >= 4 is 5.91 Å². The predicted molar refractivity (Wildman–Crippen MR) is 67.7 cm³/mol. The van der Waals surface area contributed by atoms with Crippen molar-refractivity contribution in [3.63, 3.8) is 0 Å². The van der Waals surface area contributed by atoms with Gasteiger partial charge in [-0.15, -0.1) is 0 Å². The minimum absolute atomic E-state index is 0.122. The molecule has 1 N–H and O–H groups in total. The van der Waals surface area contributed by atoms with Crippen molar-refractivity contribution in [1.82, 2.24) is 4.90 Å². The molecule has 4 rings (SSSR count). The van der Waals surface area contributed by atoms with Gasteiger partial charge in [0, 0.05) is 18.5 Å². The first kappa shape index (κ1) is 11.3. The van der Waals surface area contributed by atoms with E-state index in [9.17, 15) is 9.90 Å². The van der Waals surface area contributed by atoms with Crippen LogP contribution in [0.15, 0.2) is 0 Å². The third-order valence-electron chi connectivity index (χ3n) is 6.16. The summed E-state index contributed by atoms with van der Waals surface area (Å²) < 4.78 is 0. The van der Waals surface area contributed by atoms with Crippen LogP contribution in [0.5, 0.6) is 0 Å². The zero-order chi connectivity index (χ0) is 12.3. The van der Waals surface area contributed by atoms with E-state index in [1.807, 2.05) is 4.90 Å². The molecule has 3 nitrogen and oxygen atoms in total. The number of carbonyl (C=O) groups excluding carboxylic acids is 1. The van der Waals surface area contributed by atoms with E-state index >= 15 is 0 Å². The number of hydrogen-bond acceptors (Lipinski definition) is 2. The third-order valence-corrected chi connectivity index (χ3v) is 6.16. The molecule has 3 heteroatoms. The Balaban J connectivity index is 1.46. The highest BCUT2D eigenvalue weighted by Crippen LogP contribution is 2.69. The number of hydrogen-bond donors (Lipinski definition) is 1. The van der Waals surface area contributed by atoms with Crippen molar-refractivity contribution < 1.29 is 9.90 Å². The van der Waals surface area contributed by atoms with Gasteiger partial charge in [0.05, 0.1) is 6.61 Å². The highest BCUT2D eigenvalue weighted by atomic mass is 16.3. The van der Waals surface area contributed by atoms with Crippen LogP contribution >= 0.6 is 0 Å². The maximum absolute atomic E-state index is 12.7. The van der Waals surface area contributed by atoms with Crippen LogP contribution in [0, 0.1) is 29.6 Å². The first-order valence-electron chi connectivity index (χ1n) is 7.72. The SMILES string of the molecule is O=C(C1C2C3CCC(C3)C12)N(CCO)C1CCC1. The molecule has 0 aromatic carbocycles. The lowest BCUT2D eigenvalue weighted by atomic mass is 9.90. The highest BCUT2D eigenvalue weighted by Gasteiger charge is 2.68. The fraction of sp³-hybridized carbons (Fsp3) is 0.933. The molecule has 0 aromatic heterocycles. The first-order chi connectivity index (χ1) is 8.81. The third kappa shape index (κ3) is 1.43. The lowest BCUT2D eigenvalue weighted by Crippen LogP contribution is -2.47. The average molecular weight is 249 g/mol. The van der Waals surface area contributed by atoms with E-state index in [0.717, 1.165) is 36.5 Å². The van der Waals surface area contributed by atoms with Gasteiger partial charge < -0.3 is 10.0 Å². The average Bonchev–Trinajstić information content (AvgIpc) is 2.73. The van der Waals surface area contributed by atoms with Crippen LogP contribution in [0.2, 0.25) is 0 Å². The van der Waals surface area contributed by atoms with Crippen LogP contribution in [-0.4, -0.2) is 35.1 Å². The minimum atomic E-state index is 0.122. The second-order valence-electron chi connectivity index (χ2n) is 6.85. The Kier molecular flexibility index (Phi) is 2.48. The molecule has 0 radical (unpaired) electrons. The maximum Gasteiger partial charge on any atom is 0.226 e. The standard InChI is InChI=1S/C15H23NO2/c17-7-6-16(11-2-1-3-11)15(18)14-12-9-4-5-10(8-9)13(12)14/h9-14,17H,1-8H2. The van der Waals surface area contributed by atoms with Crippen LogP contribution in [-0.2, 0) is 4.79 Å². The second kappa shape index (κ2) is 3.96. The van der Waals surface area contributed by atoms with Crippen molar-refractivity contribution in [2.24, 2.45) is 29.6 Å². The fourth-order valence-electron chi connectivity index (χ4n) is 5.13. The zero-order valence-corrected chi connectivity index (χ0v) is 10.9. The molecule has 0 aliphatic heterocycles. The number of rotatable bonds is 4. The quantitative estimate of drug-likeness (QED) is 0.823. The topological polar surface area (TPSA) is 40.5 Å². The van der Waals surface area contributed by atoms with E-state index in [1.54, 1.807) is 0 Å². The number of aliphatic hydroxyl groups is 1. The summed E-state index contributed by atoms with van der Waals surface area (Å²) in [4.78, 5) is 14.7. The van der Waals surface area contributed by atoms with E-state index in [2.05, 4.69) is 0 Å². The van der Waals surface area contributed by atoms with Gasteiger partial charge in [-0.2, -0.15) is 0 Å². The van der Waals surface area contributed by atoms with Gasteiger partial charge in [-0.05, 0) is 62.2 Å². The molecule has 4 aliphatic carbocycles. The van der Waals surface area contributed by atoms with Gasteiger partial charge in [0.2, 0.25) is 5.91 Å². The molecule has 0 saturated heterocycles. The fourth-order valence-corrected chi connectivity index (χ4v) is 5.13. The first-order valence-corrected chi connectivity index (χ1v) is 7.72. The molecule has 1 amide bonds. The van der Waals surface area contributed by atoms with Crippen LogP contribution in [0.25, 0.3) is 0 Å². The number of aliphatic hydroxyl groups excluding tert-OH is 1. The Hall–Kier alpha value is -0.570. The van der Waals surface area contributed by atoms with Crippen molar-refractivity contribution in [1.29, 1.82) is 0 Å². The van der Waals surface area contributed by atoms with Crippen molar-refractivity contribution in [3.8, 4) is 0 Å². The number of amides is 1. The van der Waals surface area contributed by atoms with Crippen LogP contribution in [0.1, 0.15) is 38.5 Å². The van der Waals surface area contributed by atoms with Gasteiger partial charge in [0.1, 0.15) is 0 Å². The van der Waals surface area contributed by atoms with E-state index < -0.39 is 0 Å². The Morgan fingerprint density at radius 2 is 1.78 bits per heavy atom. The Morgan fingerprint density at radius 3 is 2.28 bits per heavy atom. The summed E-state index contributed by atoms with van der Waals surface area (Å²) in [5, 5.41) is 9.18. The Morgan fingerprint density at radius 1 is 1.11 bits per heavy atom. The molecule has 18 heavy (non-hydrogen) atoms. The summed E-state index contributed by atoms with van der Waals surface area (Å²) in [6.45, 7) is 0.686. The van der Waals surface area contributed by atoms with Gasteiger partial charge >= 0.3 is 0 Å². The molecular weight excluding hydrogens is 226 g/mol. The summed E-state index contributed by atoms with van der Waals surface area (Å²) in [5.41, 5.74) is 0. The van der Waals surface area contributed by atoms with Gasteiger partial charge in [-0.25, -0.2) is 0 Å². The smallest absolute Gasteiger partial charge is 0.226 e. The molecule has 2 bridgehead atoms. The lowest BCUT2D eigenvalue weighted by molar-refractivity contribution is -0.138. The van der Waals surface area contributed by atoms with E-state index in [-0.39, 0.29) is 6.61 Å². The maximum atomic E-state index is 12.7. The molecule has 4 unspecified atom stereocenters. The summed E-state index contributed by atoms with van der Waals surface area (Å²) in [6, 6.07) is 0.448.